The minimum Gasteiger partial charge on any atom is -0.490 e. The van der Waals surface area contributed by atoms with E-state index < -0.39 is 10.8 Å². The fraction of sp³-hybridized carbons (Fsp3) is 0.200. The number of oxazole rings is 1. The Morgan fingerprint density at radius 3 is 2.47 bits per heavy atom. The van der Waals surface area contributed by atoms with Crippen LogP contribution in [0.4, 0.5) is 17.1 Å². The molecule has 9 heteroatoms. The highest BCUT2D eigenvalue weighted by Crippen LogP contribution is 2.30. The Bertz CT molecular complexity index is 1340. The maximum absolute atomic E-state index is 12.7. The van der Waals surface area contributed by atoms with Gasteiger partial charge in [-0.2, -0.15) is 0 Å². The number of anilines is 2. The van der Waals surface area contributed by atoms with Crippen molar-refractivity contribution >= 4 is 34.1 Å². The van der Waals surface area contributed by atoms with Crippen molar-refractivity contribution < 1.29 is 18.9 Å². The number of amides is 1. The van der Waals surface area contributed by atoms with E-state index in [4.69, 9.17) is 9.15 Å². The minimum atomic E-state index is -0.590. The van der Waals surface area contributed by atoms with Gasteiger partial charge in [0.05, 0.1) is 12.0 Å². The number of carbonyl (C=O) groups excluding carboxylic acids is 1. The summed E-state index contributed by atoms with van der Waals surface area (Å²) in [5.41, 5.74) is 3.51. The zero-order chi connectivity index (χ0) is 24.2. The Morgan fingerprint density at radius 1 is 1.09 bits per heavy atom. The number of nitro groups is 1. The van der Waals surface area contributed by atoms with Crippen LogP contribution in [-0.2, 0) is 0 Å². The summed E-state index contributed by atoms with van der Waals surface area (Å²) in [6.07, 6.45) is 0. The van der Waals surface area contributed by atoms with Crippen molar-refractivity contribution in [1.29, 1.82) is 0 Å². The number of carbonyl (C=O) groups is 1. The second-order valence-electron chi connectivity index (χ2n) is 7.52. The molecule has 4 aromatic rings. The van der Waals surface area contributed by atoms with E-state index in [0.29, 0.717) is 22.7 Å². The lowest BCUT2D eigenvalue weighted by Gasteiger charge is -2.20. The van der Waals surface area contributed by atoms with Crippen molar-refractivity contribution in [2.45, 2.75) is 13.8 Å². The fourth-order valence-electron chi connectivity index (χ4n) is 3.71. The second kappa shape index (κ2) is 9.62. The third-order valence-corrected chi connectivity index (χ3v) is 5.53. The number of fused-ring (bicyclic) bond motifs is 1. The SMILES string of the molecule is CCN(CC)c1ccc(-c2nc3cc(NC(=O)c4ccc(OC)c([N+](=O)[O-])c4)ccc3o2)cc1. The molecule has 34 heavy (non-hydrogen) atoms. The third-order valence-electron chi connectivity index (χ3n) is 5.53. The van der Waals surface area contributed by atoms with E-state index in [1.165, 1.54) is 25.3 Å². The largest absolute Gasteiger partial charge is 0.490 e. The number of ether oxygens (including phenoxy) is 1. The molecule has 0 saturated carbocycles. The van der Waals surface area contributed by atoms with Crippen LogP contribution < -0.4 is 15.0 Å². The zero-order valence-corrected chi connectivity index (χ0v) is 19.1. The van der Waals surface area contributed by atoms with Crippen LogP contribution in [0.3, 0.4) is 0 Å². The summed E-state index contributed by atoms with van der Waals surface area (Å²) in [7, 11) is 1.34. The quantitative estimate of drug-likeness (QED) is 0.273. The number of aromatic nitrogens is 1. The molecule has 3 aromatic carbocycles. The first kappa shape index (κ1) is 22.8. The van der Waals surface area contributed by atoms with Crippen molar-refractivity contribution in [3.63, 3.8) is 0 Å². The van der Waals surface area contributed by atoms with Gasteiger partial charge in [0.1, 0.15) is 5.52 Å². The van der Waals surface area contributed by atoms with Gasteiger partial charge in [0, 0.05) is 41.7 Å². The third kappa shape index (κ3) is 4.54. The molecule has 0 saturated heterocycles. The number of benzene rings is 3. The highest BCUT2D eigenvalue weighted by Gasteiger charge is 2.19. The Hall–Kier alpha value is -4.40. The molecule has 0 aliphatic rings. The van der Waals surface area contributed by atoms with E-state index in [-0.39, 0.29) is 17.0 Å². The van der Waals surface area contributed by atoms with Gasteiger partial charge in [-0.3, -0.25) is 14.9 Å². The van der Waals surface area contributed by atoms with Crippen LogP contribution in [0.2, 0.25) is 0 Å². The maximum atomic E-state index is 12.7. The van der Waals surface area contributed by atoms with Gasteiger partial charge >= 0.3 is 5.69 Å². The molecule has 0 spiro atoms. The highest BCUT2D eigenvalue weighted by molar-refractivity contribution is 6.05. The molecule has 1 N–H and O–H groups in total. The molecule has 174 valence electrons. The summed E-state index contributed by atoms with van der Waals surface area (Å²) in [4.78, 5) is 30.1. The average molecular weight is 460 g/mol. The molecule has 1 heterocycles. The van der Waals surface area contributed by atoms with Crippen molar-refractivity contribution in [1.82, 2.24) is 4.98 Å². The summed E-state index contributed by atoms with van der Waals surface area (Å²) in [6, 6.07) is 17.2. The first-order valence-corrected chi connectivity index (χ1v) is 10.8. The van der Waals surface area contributed by atoms with Gasteiger partial charge < -0.3 is 19.4 Å². The molecule has 1 amide bonds. The van der Waals surface area contributed by atoms with Crippen LogP contribution in [0.1, 0.15) is 24.2 Å². The Balaban J connectivity index is 1.55. The molecule has 1 aromatic heterocycles. The van der Waals surface area contributed by atoms with E-state index in [9.17, 15) is 14.9 Å². The molecule has 0 fully saturated rings. The topological polar surface area (TPSA) is 111 Å². The summed E-state index contributed by atoms with van der Waals surface area (Å²) >= 11 is 0. The molecule has 0 bridgehead atoms. The summed E-state index contributed by atoms with van der Waals surface area (Å²) in [6.45, 7) is 6.09. The van der Waals surface area contributed by atoms with Crippen molar-refractivity contribution in [2.24, 2.45) is 0 Å². The number of hydrogen-bond donors (Lipinski definition) is 1. The van der Waals surface area contributed by atoms with E-state index >= 15 is 0 Å². The fourth-order valence-corrected chi connectivity index (χ4v) is 3.71. The van der Waals surface area contributed by atoms with Gasteiger partial charge in [-0.1, -0.05) is 0 Å². The zero-order valence-electron chi connectivity index (χ0n) is 19.1. The number of methoxy groups -OCH3 is 1. The van der Waals surface area contributed by atoms with Gasteiger partial charge in [0.2, 0.25) is 5.89 Å². The van der Waals surface area contributed by atoms with Crippen LogP contribution in [0, 0.1) is 10.1 Å². The van der Waals surface area contributed by atoms with E-state index in [1.807, 2.05) is 24.3 Å². The number of nitrogens with one attached hydrogen (secondary N) is 1. The number of hydrogen-bond acceptors (Lipinski definition) is 7. The first-order chi connectivity index (χ1) is 16.4. The van der Waals surface area contributed by atoms with Crippen molar-refractivity contribution in [3.8, 4) is 17.2 Å². The maximum Gasteiger partial charge on any atom is 0.311 e. The average Bonchev–Trinajstić information content (AvgIpc) is 3.28. The lowest BCUT2D eigenvalue weighted by molar-refractivity contribution is -0.385. The Kier molecular flexibility index (Phi) is 6.44. The van der Waals surface area contributed by atoms with Gasteiger partial charge in [0.15, 0.2) is 11.3 Å². The lowest BCUT2D eigenvalue weighted by atomic mass is 10.1. The Labute approximate surface area is 196 Å². The molecule has 0 atom stereocenters. The van der Waals surface area contributed by atoms with E-state index in [2.05, 4.69) is 29.0 Å². The van der Waals surface area contributed by atoms with Gasteiger partial charge in [0.25, 0.3) is 5.91 Å². The van der Waals surface area contributed by atoms with Crippen LogP contribution in [0.25, 0.3) is 22.6 Å². The highest BCUT2D eigenvalue weighted by atomic mass is 16.6. The van der Waals surface area contributed by atoms with E-state index in [0.717, 1.165) is 24.3 Å². The normalized spacial score (nSPS) is 10.8. The molecule has 0 radical (unpaired) electrons. The standard InChI is InChI=1S/C25H24N4O5/c1-4-28(5-2)19-10-6-16(7-11-19)25-27-20-15-18(9-13-22(20)34-25)26-24(30)17-8-12-23(33-3)21(14-17)29(31)32/h6-15H,4-5H2,1-3H3,(H,26,30). The first-order valence-electron chi connectivity index (χ1n) is 10.8. The summed E-state index contributed by atoms with van der Waals surface area (Å²) in [5, 5.41) is 14.0. The number of nitro benzene ring substituents is 1. The van der Waals surface area contributed by atoms with Crippen LogP contribution >= 0.6 is 0 Å². The molecule has 0 aliphatic heterocycles. The predicted octanol–water partition coefficient (Wildman–Crippen LogP) is 5.51. The van der Waals surface area contributed by atoms with Gasteiger partial charge in [-0.25, -0.2) is 4.98 Å². The van der Waals surface area contributed by atoms with Crippen molar-refractivity contribution in [3.05, 3.63) is 76.3 Å². The van der Waals surface area contributed by atoms with Crippen LogP contribution in [-0.4, -0.2) is 36.0 Å². The van der Waals surface area contributed by atoms with Gasteiger partial charge in [-0.15, -0.1) is 0 Å². The molecular weight excluding hydrogens is 436 g/mol. The van der Waals surface area contributed by atoms with Crippen LogP contribution in [0.5, 0.6) is 5.75 Å². The van der Waals surface area contributed by atoms with Crippen LogP contribution in [0.15, 0.2) is 65.1 Å². The molecule has 9 nitrogen and oxygen atoms in total. The van der Waals surface area contributed by atoms with Crippen molar-refractivity contribution in [2.75, 3.05) is 30.4 Å². The monoisotopic (exact) mass is 460 g/mol. The number of rotatable bonds is 8. The molecular formula is C25H24N4O5. The molecule has 0 aliphatic carbocycles. The lowest BCUT2D eigenvalue weighted by Crippen LogP contribution is -2.21. The second-order valence-corrected chi connectivity index (χ2v) is 7.52. The smallest absolute Gasteiger partial charge is 0.311 e. The van der Waals surface area contributed by atoms with E-state index in [1.54, 1.807) is 18.2 Å². The number of nitrogens with zero attached hydrogens (tertiary/aromatic N) is 3. The molecule has 0 unspecified atom stereocenters. The Morgan fingerprint density at radius 2 is 1.82 bits per heavy atom. The van der Waals surface area contributed by atoms with Gasteiger partial charge in [-0.05, 0) is 68.4 Å². The summed E-state index contributed by atoms with van der Waals surface area (Å²) in [5.74, 6) is 0.0828. The minimum absolute atomic E-state index is 0.0863. The predicted molar refractivity (Wildman–Crippen MR) is 131 cm³/mol. The summed E-state index contributed by atoms with van der Waals surface area (Å²) < 4.78 is 10.9. The molecule has 4 rings (SSSR count).